The summed E-state index contributed by atoms with van der Waals surface area (Å²) in [4.78, 5) is 9.99. The molecule has 66 valence electrons. The molecule has 0 saturated heterocycles. The van der Waals surface area contributed by atoms with Crippen molar-refractivity contribution in [1.82, 2.24) is 0 Å². The number of rotatable bonds is 4. The highest BCUT2D eigenvalue weighted by atomic mass is 16.4. The standard InChI is InChI=1S/C7H14O4/c1-5(9)6(10)7(2,11)3-4-8/h4-6,9-11H,3H2,1-2H3. The van der Waals surface area contributed by atoms with Crippen LogP contribution in [0.25, 0.3) is 0 Å². The van der Waals surface area contributed by atoms with Gasteiger partial charge in [-0.05, 0) is 13.8 Å². The van der Waals surface area contributed by atoms with Crippen molar-refractivity contribution < 1.29 is 20.1 Å². The van der Waals surface area contributed by atoms with Gasteiger partial charge < -0.3 is 20.1 Å². The van der Waals surface area contributed by atoms with E-state index in [9.17, 15) is 9.90 Å². The predicted molar refractivity (Wildman–Crippen MR) is 39.0 cm³/mol. The molecule has 0 saturated carbocycles. The largest absolute Gasteiger partial charge is 0.391 e. The van der Waals surface area contributed by atoms with E-state index in [1.807, 2.05) is 0 Å². The van der Waals surface area contributed by atoms with Gasteiger partial charge in [0.15, 0.2) is 0 Å². The lowest BCUT2D eigenvalue weighted by Gasteiger charge is -2.28. The molecule has 0 aromatic rings. The monoisotopic (exact) mass is 162 g/mol. The van der Waals surface area contributed by atoms with E-state index < -0.39 is 17.8 Å². The molecule has 0 heterocycles. The van der Waals surface area contributed by atoms with E-state index >= 15 is 0 Å². The van der Waals surface area contributed by atoms with Crippen LogP contribution in [0.4, 0.5) is 0 Å². The second-order valence-electron chi connectivity index (χ2n) is 2.91. The predicted octanol–water partition coefficient (Wildman–Crippen LogP) is -0.932. The Morgan fingerprint density at radius 3 is 2.27 bits per heavy atom. The minimum atomic E-state index is -1.53. The van der Waals surface area contributed by atoms with Crippen molar-refractivity contribution >= 4 is 6.29 Å². The van der Waals surface area contributed by atoms with Gasteiger partial charge in [0.1, 0.15) is 12.4 Å². The molecule has 0 fully saturated rings. The van der Waals surface area contributed by atoms with Gasteiger partial charge in [-0.1, -0.05) is 0 Å². The smallest absolute Gasteiger partial charge is 0.122 e. The zero-order valence-corrected chi connectivity index (χ0v) is 6.69. The fourth-order valence-electron chi connectivity index (χ4n) is 0.809. The second kappa shape index (κ2) is 3.80. The van der Waals surface area contributed by atoms with Gasteiger partial charge in [0.05, 0.1) is 11.7 Å². The highest BCUT2D eigenvalue weighted by molar-refractivity contribution is 5.51. The molecule has 0 aliphatic rings. The first kappa shape index (κ1) is 10.6. The Bertz CT molecular complexity index is 130. The van der Waals surface area contributed by atoms with Gasteiger partial charge in [0.2, 0.25) is 0 Å². The number of carbonyl (C=O) groups excluding carboxylic acids is 1. The summed E-state index contributed by atoms with van der Waals surface area (Å²) in [7, 11) is 0. The minimum absolute atomic E-state index is 0.181. The van der Waals surface area contributed by atoms with Crippen LogP contribution < -0.4 is 0 Å². The maximum Gasteiger partial charge on any atom is 0.122 e. The van der Waals surface area contributed by atoms with E-state index in [4.69, 9.17) is 10.2 Å². The molecule has 0 rings (SSSR count). The highest BCUT2D eigenvalue weighted by Crippen LogP contribution is 2.15. The summed E-state index contributed by atoms with van der Waals surface area (Å²) in [6.45, 7) is 2.66. The van der Waals surface area contributed by atoms with Crippen LogP contribution in [0.1, 0.15) is 20.3 Å². The molecule has 3 unspecified atom stereocenters. The molecule has 0 aliphatic heterocycles. The van der Waals surface area contributed by atoms with Gasteiger partial charge in [-0.15, -0.1) is 0 Å². The van der Waals surface area contributed by atoms with Crippen molar-refractivity contribution in [2.45, 2.75) is 38.1 Å². The lowest BCUT2D eigenvalue weighted by atomic mass is 9.93. The fourth-order valence-corrected chi connectivity index (χ4v) is 0.809. The van der Waals surface area contributed by atoms with Gasteiger partial charge >= 0.3 is 0 Å². The Kier molecular flexibility index (Phi) is 3.65. The first-order valence-corrected chi connectivity index (χ1v) is 3.44. The number of hydrogen-bond donors (Lipinski definition) is 3. The molecule has 0 radical (unpaired) electrons. The molecular formula is C7H14O4. The van der Waals surface area contributed by atoms with Gasteiger partial charge in [-0.3, -0.25) is 0 Å². The molecule has 4 nitrogen and oxygen atoms in total. The van der Waals surface area contributed by atoms with Crippen LogP contribution >= 0.6 is 0 Å². The summed E-state index contributed by atoms with van der Waals surface area (Å²) in [5, 5.41) is 27.3. The van der Waals surface area contributed by atoms with Crippen molar-refractivity contribution in [2.75, 3.05) is 0 Å². The summed E-state index contributed by atoms with van der Waals surface area (Å²) < 4.78 is 0. The van der Waals surface area contributed by atoms with Crippen LogP contribution in [-0.2, 0) is 4.79 Å². The first-order chi connectivity index (χ1) is 4.91. The molecule has 0 aliphatic carbocycles. The third kappa shape index (κ3) is 2.96. The maximum atomic E-state index is 9.99. The van der Waals surface area contributed by atoms with E-state index in [0.29, 0.717) is 6.29 Å². The SMILES string of the molecule is CC(O)C(O)C(C)(O)CC=O. The van der Waals surface area contributed by atoms with Gasteiger partial charge in [-0.25, -0.2) is 0 Å². The molecule has 0 aromatic carbocycles. The summed E-state index contributed by atoms with van der Waals surface area (Å²) in [5.41, 5.74) is -1.53. The van der Waals surface area contributed by atoms with E-state index in [1.54, 1.807) is 0 Å². The first-order valence-electron chi connectivity index (χ1n) is 3.44. The van der Waals surface area contributed by atoms with E-state index in [-0.39, 0.29) is 6.42 Å². The van der Waals surface area contributed by atoms with Gasteiger partial charge in [0.25, 0.3) is 0 Å². The quantitative estimate of drug-likeness (QED) is 0.467. The molecule has 3 N–H and O–H groups in total. The summed E-state index contributed by atoms with van der Waals surface area (Å²) >= 11 is 0. The molecule has 0 aromatic heterocycles. The van der Waals surface area contributed by atoms with E-state index in [2.05, 4.69) is 0 Å². The third-order valence-corrected chi connectivity index (χ3v) is 1.59. The van der Waals surface area contributed by atoms with Crippen molar-refractivity contribution in [2.24, 2.45) is 0 Å². The van der Waals surface area contributed by atoms with Crippen LogP contribution in [-0.4, -0.2) is 39.4 Å². The second-order valence-corrected chi connectivity index (χ2v) is 2.91. The molecule has 3 atom stereocenters. The van der Waals surface area contributed by atoms with Crippen molar-refractivity contribution in [1.29, 1.82) is 0 Å². The zero-order valence-electron chi connectivity index (χ0n) is 6.69. The van der Waals surface area contributed by atoms with Crippen LogP contribution in [0.3, 0.4) is 0 Å². The summed E-state index contributed by atoms with van der Waals surface area (Å²) in [6, 6.07) is 0. The Hall–Kier alpha value is -0.450. The Balaban J connectivity index is 4.15. The Labute approximate surface area is 65.5 Å². The fraction of sp³-hybridized carbons (Fsp3) is 0.857. The summed E-state index contributed by atoms with van der Waals surface area (Å²) in [6.07, 6.45) is -2.00. The average molecular weight is 162 g/mol. The number of hydrogen-bond acceptors (Lipinski definition) is 4. The lowest BCUT2D eigenvalue weighted by molar-refractivity contribution is -0.129. The van der Waals surface area contributed by atoms with E-state index in [0.717, 1.165) is 0 Å². The maximum absolute atomic E-state index is 9.99. The molecule has 0 amide bonds. The summed E-state index contributed by atoms with van der Waals surface area (Å²) in [5.74, 6) is 0. The number of aliphatic hydroxyl groups is 3. The van der Waals surface area contributed by atoms with Gasteiger partial charge in [-0.2, -0.15) is 0 Å². The topological polar surface area (TPSA) is 77.8 Å². The van der Waals surface area contributed by atoms with Gasteiger partial charge in [0, 0.05) is 6.42 Å². The normalized spacial score (nSPS) is 21.9. The van der Waals surface area contributed by atoms with Crippen molar-refractivity contribution in [3.05, 3.63) is 0 Å². The van der Waals surface area contributed by atoms with E-state index in [1.165, 1.54) is 13.8 Å². The minimum Gasteiger partial charge on any atom is -0.391 e. The number of aliphatic hydroxyl groups excluding tert-OH is 2. The molecule has 0 spiro atoms. The highest BCUT2D eigenvalue weighted by Gasteiger charge is 2.32. The lowest BCUT2D eigenvalue weighted by Crippen LogP contribution is -2.46. The van der Waals surface area contributed by atoms with Crippen LogP contribution in [0.2, 0.25) is 0 Å². The molecule has 0 bridgehead atoms. The van der Waals surface area contributed by atoms with Crippen LogP contribution in [0.5, 0.6) is 0 Å². The zero-order chi connectivity index (χ0) is 9.07. The van der Waals surface area contributed by atoms with Crippen LogP contribution in [0, 0.1) is 0 Å². The third-order valence-electron chi connectivity index (χ3n) is 1.59. The molecular weight excluding hydrogens is 148 g/mol. The Morgan fingerprint density at radius 1 is 1.55 bits per heavy atom. The Morgan fingerprint density at radius 2 is 2.00 bits per heavy atom. The molecule has 11 heavy (non-hydrogen) atoms. The van der Waals surface area contributed by atoms with Crippen LogP contribution in [0.15, 0.2) is 0 Å². The average Bonchev–Trinajstić information content (AvgIpc) is 1.86. The molecule has 4 heteroatoms. The number of carbonyl (C=O) groups is 1. The van der Waals surface area contributed by atoms with Crippen molar-refractivity contribution in [3.8, 4) is 0 Å². The van der Waals surface area contributed by atoms with Crippen molar-refractivity contribution in [3.63, 3.8) is 0 Å². The number of aldehydes is 1.